The van der Waals surface area contributed by atoms with Gasteiger partial charge in [-0.25, -0.2) is 0 Å². The van der Waals surface area contributed by atoms with Crippen LogP contribution in [0.25, 0.3) is 0 Å². The maximum Gasteiger partial charge on any atom is 0.416 e. The molecule has 3 N–H and O–H groups in total. The molecule has 2 nitrogen and oxygen atoms in total. The van der Waals surface area contributed by atoms with Crippen molar-refractivity contribution in [3.8, 4) is 5.75 Å². The molecule has 1 aromatic carbocycles. The van der Waals surface area contributed by atoms with Gasteiger partial charge in [-0.1, -0.05) is 24.4 Å². The lowest BCUT2D eigenvalue weighted by Gasteiger charge is -2.27. The Hall–Kier alpha value is -0.940. The van der Waals surface area contributed by atoms with E-state index in [9.17, 15) is 18.3 Å². The average Bonchev–Trinajstić information content (AvgIpc) is 2.63. The molecule has 100 valence electrons. The van der Waals surface area contributed by atoms with Crippen LogP contribution in [0.1, 0.15) is 36.8 Å². The van der Waals surface area contributed by atoms with E-state index in [2.05, 4.69) is 0 Å². The summed E-state index contributed by atoms with van der Waals surface area (Å²) in [6, 6.07) is 1.51. The van der Waals surface area contributed by atoms with Crippen molar-refractivity contribution in [2.24, 2.45) is 5.73 Å². The van der Waals surface area contributed by atoms with Gasteiger partial charge in [-0.15, -0.1) is 0 Å². The summed E-state index contributed by atoms with van der Waals surface area (Å²) in [7, 11) is 0. The molecule has 0 aromatic heterocycles. The van der Waals surface area contributed by atoms with Crippen LogP contribution in [-0.4, -0.2) is 5.11 Å². The quantitative estimate of drug-likeness (QED) is 0.821. The summed E-state index contributed by atoms with van der Waals surface area (Å²) in [6.07, 6.45) is -1.53. The fraction of sp³-hybridized carbons (Fsp3) is 0.500. The Morgan fingerprint density at radius 1 is 1.22 bits per heavy atom. The SMILES string of the molecule is NC1(c2c(O)cc(C(F)(F)F)cc2Cl)CCCC1. The van der Waals surface area contributed by atoms with Crippen molar-refractivity contribution >= 4 is 11.6 Å². The summed E-state index contributed by atoms with van der Waals surface area (Å²) < 4.78 is 37.7. The second kappa shape index (κ2) is 4.31. The molecule has 0 saturated heterocycles. The van der Waals surface area contributed by atoms with E-state index in [1.165, 1.54) is 0 Å². The highest BCUT2D eigenvalue weighted by atomic mass is 35.5. The predicted molar refractivity (Wildman–Crippen MR) is 62.5 cm³/mol. The molecule has 1 fully saturated rings. The first kappa shape index (κ1) is 13.5. The number of hydrogen-bond donors (Lipinski definition) is 2. The lowest BCUT2D eigenvalue weighted by Crippen LogP contribution is -2.33. The predicted octanol–water partition coefficient (Wildman–Crippen LogP) is 3.79. The molecule has 1 saturated carbocycles. The Bertz CT molecular complexity index is 444. The molecule has 0 radical (unpaired) electrons. The number of alkyl halides is 3. The number of hydrogen-bond acceptors (Lipinski definition) is 2. The van der Waals surface area contributed by atoms with Gasteiger partial charge in [0.25, 0.3) is 0 Å². The van der Waals surface area contributed by atoms with E-state index in [4.69, 9.17) is 17.3 Å². The Morgan fingerprint density at radius 3 is 2.22 bits per heavy atom. The topological polar surface area (TPSA) is 46.2 Å². The summed E-state index contributed by atoms with van der Waals surface area (Å²) in [5, 5.41) is 9.68. The number of rotatable bonds is 1. The number of halogens is 4. The molecule has 6 heteroatoms. The van der Waals surface area contributed by atoms with Crippen LogP contribution in [0, 0.1) is 0 Å². The minimum Gasteiger partial charge on any atom is -0.508 e. The molecular formula is C12H13ClF3NO. The highest BCUT2D eigenvalue weighted by molar-refractivity contribution is 6.31. The summed E-state index contributed by atoms with van der Waals surface area (Å²) in [6.45, 7) is 0. The van der Waals surface area contributed by atoms with Gasteiger partial charge in [0.15, 0.2) is 0 Å². The van der Waals surface area contributed by atoms with E-state index in [-0.39, 0.29) is 10.6 Å². The third-order valence-corrected chi connectivity index (χ3v) is 3.69. The molecule has 1 aliphatic carbocycles. The van der Waals surface area contributed by atoms with E-state index in [1.54, 1.807) is 0 Å². The zero-order valence-corrected chi connectivity index (χ0v) is 10.3. The lowest BCUT2D eigenvalue weighted by atomic mass is 9.88. The van der Waals surface area contributed by atoms with E-state index in [0.717, 1.165) is 18.9 Å². The monoisotopic (exact) mass is 279 g/mol. The molecule has 18 heavy (non-hydrogen) atoms. The van der Waals surface area contributed by atoms with Crippen molar-refractivity contribution in [3.05, 3.63) is 28.3 Å². The molecule has 0 aliphatic heterocycles. The minimum absolute atomic E-state index is 0.119. The van der Waals surface area contributed by atoms with Crippen LogP contribution in [0.15, 0.2) is 12.1 Å². The summed E-state index contributed by atoms with van der Waals surface area (Å²) in [5.74, 6) is -0.473. The normalized spacial score (nSPS) is 19.2. The minimum atomic E-state index is -4.53. The summed E-state index contributed by atoms with van der Waals surface area (Å²) in [4.78, 5) is 0. The smallest absolute Gasteiger partial charge is 0.416 e. The van der Waals surface area contributed by atoms with E-state index >= 15 is 0 Å². The molecule has 1 aromatic rings. The Morgan fingerprint density at radius 2 is 1.78 bits per heavy atom. The first-order valence-electron chi connectivity index (χ1n) is 5.63. The van der Waals surface area contributed by atoms with Crippen molar-refractivity contribution in [2.75, 3.05) is 0 Å². The maximum absolute atomic E-state index is 12.6. The van der Waals surface area contributed by atoms with Crippen LogP contribution >= 0.6 is 11.6 Å². The third kappa shape index (κ3) is 2.29. The molecule has 0 spiro atoms. The summed E-state index contributed by atoms with van der Waals surface area (Å²) in [5.41, 5.74) is 4.57. The number of nitrogens with two attached hydrogens (primary N) is 1. The van der Waals surface area contributed by atoms with E-state index in [1.807, 2.05) is 0 Å². The maximum atomic E-state index is 12.6. The van der Waals surface area contributed by atoms with Gasteiger partial charge < -0.3 is 10.8 Å². The van der Waals surface area contributed by atoms with Crippen LogP contribution in [0.4, 0.5) is 13.2 Å². The van der Waals surface area contributed by atoms with Gasteiger partial charge in [-0.2, -0.15) is 13.2 Å². The van der Waals surface area contributed by atoms with Gasteiger partial charge >= 0.3 is 6.18 Å². The van der Waals surface area contributed by atoms with Gasteiger partial charge in [0.05, 0.1) is 5.56 Å². The molecular weight excluding hydrogens is 267 g/mol. The zero-order chi connectivity index (χ0) is 13.6. The molecule has 0 bridgehead atoms. The zero-order valence-electron chi connectivity index (χ0n) is 9.52. The standard InChI is InChI=1S/C12H13ClF3NO/c13-8-5-7(12(14,15)16)6-9(18)10(8)11(17)3-1-2-4-11/h5-6,18H,1-4,17H2. The largest absolute Gasteiger partial charge is 0.508 e. The Balaban J connectivity index is 2.51. The van der Waals surface area contributed by atoms with Crippen molar-refractivity contribution in [2.45, 2.75) is 37.4 Å². The molecule has 0 atom stereocenters. The van der Waals surface area contributed by atoms with Crippen molar-refractivity contribution < 1.29 is 18.3 Å². The van der Waals surface area contributed by atoms with E-state index < -0.39 is 23.0 Å². The molecule has 2 rings (SSSR count). The molecule has 0 heterocycles. The first-order chi connectivity index (χ1) is 8.24. The number of benzene rings is 1. The third-order valence-electron chi connectivity index (χ3n) is 3.39. The number of aromatic hydroxyl groups is 1. The van der Waals surface area contributed by atoms with Crippen LogP contribution in [0.2, 0.25) is 5.02 Å². The van der Waals surface area contributed by atoms with Crippen molar-refractivity contribution in [3.63, 3.8) is 0 Å². The van der Waals surface area contributed by atoms with Gasteiger partial charge in [0.1, 0.15) is 5.75 Å². The van der Waals surface area contributed by atoms with Gasteiger partial charge in [-0.05, 0) is 25.0 Å². The number of phenols is 1. The van der Waals surface area contributed by atoms with Gasteiger partial charge in [0.2, 0.25) is 0 Å². The highest BCUT2D eigenvalue weighted by Gasteiger charge is 2.38. The van der Waals surface area contributed by atoms with E-state index in [0.29, 0.717) is 18.9 Å². The Labute approximate surface area is 108 Å². The average molecular weight is 280 g/mol. The van der Waals surface area contributed by atoms with Crippen LogP contribution in [-0.2, 0) is 11.7 Å². The highest BCUT2D eigenvalue weighted by Crippen LogP contribution is 2.46. The van der Waals surface area contributed by atoms with Crippen LogP contribution in [0.3, 0.4) is 0 Å². The second-order valence-electron chi connectivity index (χ2n) is 4.71. The molecule has 0 amide bonds. The summed E-state index contributed by atoms with van der Waals surface area (Å²) >= 11 is 5.87. The fourth-order valence-electron chi connectivity index (χ4n) is 2.50. The van der Waals surface area contributed by atoms with Gasteiger partial charge in [0, 0.05) is 16.1 Å². The van der Waals surface area contributed by atoms with Gasteiger partial charge in [-0.3, -0.25) is 0 Å². The van der Waals surface area contributed by atoms with Crippen molar-refractivity contribution in [1.82, 2.24) is 0 Å². The first-order valence-corrected chi connectivity index (χ1v) is 6.01. The van der Waals surface area contributed by atoms with Crippen LogP contribution in [0.5, 0.6) is 5.75 Å². The second-order valence-corrected chi connectivity index (χ2v) is 5.12. The molecule has 1 aliphatic rings. The van der Waals surface area contributed by atoms with Crippen LogP contribution < -0.4 is 5.73 Å². The number of phenolic OH excluding ortho intramolecular Hbond substituents is 1. The fourth-order valence-corrected chi connectivity index (χ4v) is 2.91. The molecule has 0 unspecified atom stereocenters. The van der Waals surface area contributed by atoms with Crippen molar-refractivity contribution in [1.29, 1.82) is 0 Å². The lowest BCUT2D eigenvalue weighted by molar-refractivity contribution is -0.137. The Kier molecular flexibility index (Phi) is 3.23.